The van der Waals surface area contributed by atoms with Crippen molar-refractivity contribution < 1.29 is 9.47 Å². The van der Waals surface area contributed by atoms with Crippen molar-refractivity contribution in [1.29, 1.82) is 0 Å². The second-order valence-corrected chi connectivity index (χ2v) is 4.61. The van der Waals surface area contributed by atoms with Gasteiger partial charge in [0.2, 0.25) is 0 Å². The minimum atomic E-state index is -1.04. The van der Waals surface area contributed by atoms with Crippen LogP contribution in [0.5, 0.6) is 0 Å². The fourth-order valence-corrected chi connectivity index (χ4v) is 2.28. The first-order valence-electron chi connectivity index (χ1n) is 6.96. The van der Waals surface area contributed by atoms with E-state index in [2.05, 4.69) is 11.9 Å². The highest BCUT2D eigenvalue weighted by Gasteiger charge is 2.41. The van der Waals surface area contributed by atoms with Gasteiger partial charge in [0.15, 0.2) is 0 Å². The highest BCUT2D eigenvalue weighted by atomic mass is 16.7. The Morgan fingerprint density at radius 1 is 1.16 bits per heavy atom. The van der Waals surface area contributed by atoms with Crippen LogP contribution < -0.4 is 5.73 Å². The van der Waals surface area contributed by atoms with E-state index in [-0.39, 0.29) is 0 Å². The molecule has 1 atom stereocenters. The fraction of sp³-hybridized carbons (Fsp3) is 0.533. The predicted molar refractivity (Wildman–Crippen MR) is 75.9 cm³/mol. The molecular formula is C15H22N2O2. The number of nitrogens with two attached hydrogens (primary N) is 1. The van der Waals surface area contributed by atoms with Crippen LogP contribution in [0.2, 0.25) is 0 Å². The number of rotatable bonds is 7. The zero-order chi connectivity index (χ0) is 13.7. The van der Waals surface area contributed by atoms with Gasteiger partial charge in [-0.15, -0.1) is 0 Å². The van der Waals surface area contributed by atoms with Crippen LogP contribution in [0.1, 0.15) is 44.2 Å². The monoisotopic (exact) mass is 262 g/mol. The molecule has 1 aliphatic rings. The maximum absolute atomic E-state index is 5.97. The lowest BCUT2D eigenvalue weighted by Gasteiger charge is -2.27. The van der Waals surface area contributed by atoms with Crippen molar-refractivity contribution >= 4 is 5.84 Å². The first kappa shape index (κ1) is 14.0. The third kappa shape index (κ3) is 2.80. The van der Waals surface area contributed by atoms with E-state index in [0.29, 0.717) is 19.0 Å². The average Bonchev–Trinajstić information content (AvgIpc) is 2.70. The lowest BCUT2D eigenvalue weighted by atomic mass is 10.1. The molecule has 0 radical (unpaired) electrons. The zero-order valence-electron chi connectivity index (χ0n) is 11.7. The van der Waals surface area contributed by atoms with Crippen molar-refractivity contribution in [3.05, 3.63) is 35.4 Å². The maximum atomic E-state index is 5.97. The van der Waals surface area contributed by atoms with E-state index >= 15 is 0 Å². The summed E-state index contributed by atoms with van der Waals surface area (Å²) in [6.07, 6.45) is 3.30. The molecule has 0 saturated carbocycles. The Balaban J connectivity index is 2.21. The Morgan fingerprint density at radius 3 is 2.68 bits per heavy atom. The van der Waals surface area contributed by atoms with Gasteiger partial charge in [-0.1, -0.05) is 44.0 Å². The van der Waals surface area contributed by atoms with Crippen LogP contribution in [0.25, 0.3) is 0 Å². The molecule has 0 saturated heterocycles. The first-order valence-corrected chi connectivity index (χ1v) is 6.96. The van der Waals surface area contributed by atoms with Crippen LogP contribution in [0, 0.1) is 0 Å². The number of hydrogen-bond donors (Lipinski definition) is 1. The van der Waals surface area contributed by atoms with Gasteiger partial charge in [-0.2, -0.15) is 0 Å². The summed E-state index contributed by atoms with van der Waals surface area (Å²) in [4.78, 5) is 4.43. The number of hydrogen-bond acceptors (Lipinski definition) is 4. The molecule has 1 aliphatic heterocycles. The molecule has 0 bridgehead atoms. The number of nitrogens with zero attached hydrogens (tertiary/aromatic N) is 1. The molecule has 4 nitrogen and oxygen atoms in total. The van der Waals surface area contributed by atoms with Gasteiger partial charge in [0.05, 0.1) is 6.61 Å². The van der Waals surface area contributed by atoms with Gasteiger partial charge in [0.25, 0.3) is 0 Å². The van der Waals surface area contributed by atoms with Crippen LogP contribution in [0.4, 0.5) is 0 Å². The molecule has 1 aromatic rings. The van der Waals surface area contributed by atoms with E-state index in [1.807, 2.05) is 31.2 Å². The van der Waals surface area contributed by atoms with Crippen LogP contribution in [0.3, 0.4) is 0 Å². The van der Waals surface area contributed by atoms with Gasteiger partial charge in [-0.25, -0.2) is 4.99 Å². The molecule has 1 aromatic carbocycles. The van der Waals surface area contributed by atoms with Crippen molar-refractivity contribution in [2.45, 2.75) is 39.0 Å². The lowest BCUT2D eigenvalue weighted by molar-refractivity contribution is -0.237. The second-order valence-electron chi connectivity index (χ2n) is 4.61. The van der Waals surface area contributed by atoms with E-state index in [4.69, 9.17) is 15.2 Å². The molecule has 2 rings (SSSR count). The largest absolute Gasteiger partial charge is 0.383 e. The summed E-state index contributed by atoms with van der Waals surface area (Å²) in [7, 11) is 0. The Hall–Kier alpha value is -1.39. The van der Waals surface area contributed by atoms with Gasteiger partial charge >= 0.3 is 5.91 Å². The van der Waals surface area contributed by atoms with E-state index in [0.717, 1.165) is 30.4 Å². The highest BCUT2D eigenvalue weighted by Crippen LogP contribution is 2.37. The van der Waals surface area contributed by atoms with Gasteiger partial charge < -0.3 is 15.2 Å². The quantitative estimate of drug-likeness (QED) is 0.607. The molecule has 0 amide bonds. The minimum Gasteiger partial charge on any atom is -0.383 e. The van der Waals surface area contributed by atoms with Crippen molar-refractivity contribution in [2.75, 3.05) is 13.2 Å². The Bertz CT molecular complexity index is 459. The normalized spacial score (nSPS) is 21.3. The third-order valence-corrected chi connectivity index (χ3v) is 3.20. The molecule has 19 heavy (non-hydrogen) atoms. The summed E-state index contributed by atoms with van der Waals surface area (Å²) < 4.78 is 11.7. The van der Waals surface area contributed by atoms with E-state index in [9.17, 15) is 0 Å². The second kappa shape index (κ2) is 6.17. The number of benzene rings is 1. The average molecular weight is 262 g/mol. The van der Waals surface area contributed by atoms with E-state index in [1.165, 1.54) is 0 Å². The summed E-state index contributed by atoms with van der Waals surface area (Å²) in [5.41, 5.74) is 7.79. The molecule has 2 N–H and O–H groups in total. The fourth-order valence-electron chi connectivity index (χ4n) is 2.28. The molecule has 0 aliphatic carbocycles. The summed E-state index contributed by atoms with van der Waals surface area (Å²) in [5, 5.41) is 0. The van der Waals surface area contributed by atoms with Crippen LogP contribution >= 0.6 is 0 Å². The summed E-state index contributed by atoms with van der Waals surface area (Å²) in [6, 6.07) is 7.81. The summed E-state index contributed by atoms with van der Waals surface area (Å²) in [6.45, 7) is 5.25. The molecule has 104 valence electrons. The number of amidine groups is 1. The maximum Gasteiger partial charge on any atom is 0.300 e. The molecule has 0 fully saturated rings. The first-order chi connectivity index (χ1) is 9.23. The van der Waals surface area contributed by atoms with Gasteiger partial charge in [0.1, 0.15) is 5.84 Å². The van der Waals surface area contributed by atoms with Crippen molar-refractivity contribution in [1.82, 2.24) is 0 Å². The summed E-state index contributed by atoms with van der Waals surface area (Å²) in [5.74, 6) is -0.553. The van der Waals surface area contributed by atoms with Gasteiger partial charge in [-0.05, 0) is 13.3 Å². The molecule has 1 unspecified atom stereocenters. The Kier molecular flexibility index (Phi) is 4.56. The van der Waals surface area contributed by atoms with Gasteiger partial charge in [0, 0.05) is 17.7 Å². The Labute approximate surface area is 114 Å². The summed E-state index contributed by atoms with van der Waals surface area (Å²) >= 11 is 0. The van der Waals surface area contributed by atoms with Crippen molar-refractivity contribution in [3.63, 3.8) is 0 Å². The SMILES string of the molecule is CCCCCOC1(OCC)N=C(N)c2ccccc21. The van der Waals surface area contributed by atoms with Crippen LogP contribution in [-0.2, 0) is 15.4 Å². The van der Waals surface area contributed by atoms with Crippen molar-refractivity contribution in [2.24, 2.45) is 10.7 Å². The number of fused-ring (bicyclic) bond motifs is 1. The topological polar surface area (TPSA) is 56.8 Å². The smallest absolute Gasteiger partial charge is 0.300 e. The molecule has 1 heterocycles. The van der Waals surface area contributed by atoms with Gasteiger partial charge in [-0.3, -0.25) is 0 Å². The number of aliphatic imine (C=N–C) groups is 1. The Morgan fingerprint density at radius 2 is 1.95 bits per heavy atom. The molecule has 0 aromatic heterocycles. The van der Waals surface area contributed by atoms with Crippen LogP contribution in [-0.4, -0.2) is 19.0 Å². The highest BCUT2D eigenvalue weighted by molar-refractivity contribution is 6.01. The molecule has 0 spiro atoms. The van der Waals surface area contributed by atoms with E-state index < -0.39 is 5.91 Å². The van der Waals surface area contributed by atoms with Crippen molar-refractivity contribution in [3.8, 4) is 0 Å². The minimum absolute atomic E-state index is 0.486. The molecule has 4 heteroatoms. The van der Waals surface area contributed by atoms with E-state index in [1.54, 1.807) is 0 Å². The zero-order valence-corrected chi connectivity index (χ0v) is 11.7. The standard InChI is InChI=1S/C15H22N2O2/c1-3-5-8-11-19-15(18-4-2)13-10-7-6-9-12(13)14(16)17-15/h6-7,9-10H,3-5,8,11H2,1-2H3,(H2,16,17). The third-order valence-electron chi connectivity index (χ3n) is 3.20. The lowest BCUT2D eigenvalue weighted by Crippen LogP contribution is -2.30. The molecular weight excluding hydrogens is 240 g/mol. The van der Waals surface area contributed by atoms with Crippen LogP contribution in [0.15, 0.2) is 29.3 Å². The number of ether oxygens (including phenoxy) is 2. The number of unbranched alkanes of at least 4 members (excludes halogenated alkanes) is 2. The predicted octanol–water partition coefficient (Wildman–Crippen LogP) is 2.76.